The van der Waals surface area contributed by atoms with Crippen molar-refractivity contribution in [3.63, 3.8) is 0 Å². The molecule has 1 N–H and O–H groups in total. The number of thioether (sulfide) groups is 1. The second-order valence-corrected chi connectivity index (χ2v) is 8.62. The van der Waals surface area contributed by atoms with Crippen LogP contribution in [-0.4, -0.2) is 33.5 Å². The normalized spacial score (nSPS) is 11.6. The van der Waals surface area contributed by atoms with E-state index < -0.39 is 6.10 Å². The van der Waals surface area contributed by atoms with Crippen molar-refractivity contribution in [3.05, 3.63) is 89.7 Å². The number of rotatable bonds is 9. The number of halogens is 1. The van der Waals surface area contributed by atoms with Gasteiger partial charge in [-0.1, -0.05) is 59.8 Å². The van der Waals surface area contributed by atoms with Crippen molar-refractivity contribution in [1.29, 1.82) is 0 Å². The van der Waals surface area contributed by atoms with Crippen molar-refractivity contribution in [3.8, 4) is 17.2 Å². The van der Waals surface area contributed by atoms with E-state index in [4.69, 9.17) is 21.1 Å². The van der Waals surface area contributed by atoms with Crippen LogP contribution in [-0.2, 0) is 4.79 Å². The zero-order chi connectivity index (χ0) is 23.9. The number of aromatic nitrogens is 3. The van der Waals surface area contributed by atoms with Crippen molar-refractivity contribution in [2.45, 2.75) is 18.2 Å². The summed E-state index contributed by atoms with van der Waals surface area (Å²) < 4.78 is 13.3. The van der Waals surface area contributed by atoms with Gasteiger partial charge in [-0.2, -0.15) is 0 Å². The molecule has 0 bridgehead atoms. The average Bonchev–Trinajstić information content (AvgIpc) is 3.29. The Morgan fingerprint density at radius 2 is 1.76 bits per heavy atom. The molecule has 0 aliphatic heterocycles. The molecule has 0 radical (unpaired) electrons. The second kappa shape index (κ2) is 11.1. The molecular formula is C25H23ClN4O3S. The molecule has 4 aromatic rings. The predicted molar refractivity (Wildman–Crippen MR) is 134 cm³/mol. The highest BCUT2D eigenvalue weighted by atomic mass is 35.5. The Hall–Kier alpha value is -3.49. The van der Waals surface area contributed by atoms with Gasteiger partial charge in [-0.3, -0.25) is 9.36 Å². The van der Waals surface area contributed by atoms with Crippen LogP contribution in [0.4, 0.5) is 5.69 Å². The zero-order valence-corrected chi connectivity index (χ0v) is 20.2. The van der Waals surface area contributed by atoms with E-state index in [1.165, 1.54) is 11.8 Å². The number of benzene rings is 3. The van der Waals surface area contributed by atoms with E-state index in [0.717, 1.165) is 5.69 Å². The number of methoxy groups -OCH3 is 1. The minimum absolute atomic E-state index is 0.140. The van der Waals surface area contributed by atoms with Crippen molar-refractivity contribution in [1.82, 2.24) is 14.8 Å². The largest absolute Gasteiger partial charge is 0.497 e. The first-order chi connectivity index (χ1) is 16.5. The van der Waals surface area contributed by atoms with Crippen molar-refractivity contribution >= 4 is 35.0 Å². The topological polar surface area (TPSA) is 78.3 Å². The third-order valence-corrected chi connectivity index (χ3v) is 6.13. The number of anilines is 1. The zero-order valence-electron chi connectivity index (χ0n) is 18.6. The number of para-hydroxylation sites is 2. The Morgan fingerprint density at radius 1 is 1.03 bits per heavy atom. The monoisotopic (exact) mass is 494 g/mol. The lowest BCUT2D eigenvalue weighted by molar-refractivity contribution is -0.113. The van der Waals surface area contributed by atoms with Crippen molar-refractivity contribution in [2.75, 3.05) is 18.2 Å². The summed E-state index contributed by atoms with van der Waals surface area (Å²) in [6, 6.07) is 24.2. The molecule has 0 aliphatic rings. The Morgan fingerprint density at radius 3 is 2.53 bits per heavy atom. The Labute approximate surface area is 207 Å². The maximum atomic E-state index is 12.5. The first-order valence-electron chi connectivity index (χ1n) is 10.5. The summed E-state index contributed by atoms with van der Waals surface area (Å²) in [5.41, 5.74) is 1.44. The molecule has 0 spiro atoms. The highest BCUT2D eigenvalue weighted by Gasteiger charge is 2.22. The van der Waals surface area contributed by atoms with Crippen LogP contribution in [0.5, 0.6) is 11.5 Å². The molecule has 34 heavy (non-hydrogen) atoms. The van der Waals surface area contributed by atoms with Gasteiger partial charge in [-0.05, 0) is 43.3 Å². The summed E-state index contributed by atoms with van der Waals surface area (Å²) in [6.45, 7) is 1.90. The van der Waals surface area contributed by atoms with Crippen LogP contribution in [0, 0.1) is 0 Å². The molecular weight excluding hydrogens is 472 g/mol. The number of hydrogen-bond acceptors (Lipinski definition) is 6. The average molecular weight is 495 g/mol. The van der Waals surface area contributed by atoms with Gasteiger partial charge in [0.2, 0.25) is 5.91 Å². The molecule has 0 saturated heterocycles. The lowest BCUT2D eigenvalue weighted by atomic mass is 10.3. The van der Waals surface area contributed by atoms with Crippen LogP contribution in [0.3, 0.4) is 0 Å². The molecule has 1 aromatic heterocycles. The summed E-state index contributed by atoms with van der Waals surface area (Å²) in [5.74, 6) is 1.92. The second-order valence-electron chi connectivity index (χ2n) is 7.27. The molecule has 1 amide bonds. The van der Waals surface area contributed by atoms with E-state index in [1.54, 1.807) is 19.2 Å². The number of amides is 1. The summed E-state index contributed by atoms with van der Waals surface area (Å²) in [6.07, 6.45) is -0.411. The number of carbonyl (C=O) groups is 1. The predicted octanol–water partition coefficient (Wildman–Crippen LogP) is 5.80. The highest BCUT2D eigenvalue weighted by Crippen LogP contribution is 2.29. The van der Waals surface area contributed by atoms with Crippen molar-refractivity contribution in [2.24, 2.45) is 0 Å². The highest BCUT2D eigenvalue weighted by molar-refractivity contribution is 7.99. The summed E-state index contributed by atoms with van der Waals surface area (Å²) in [7, 11) is 1.61. The third-order valence-electron chi connectivity index (χ3n) is 4.87. The molecule has 1 atom stereocenters. The molecule has 174 valence electrons. The lowest BCUT2D eigenvalue weighted by Crippen LogP contribution is -2.15. The molecule has 1 heterocycles. The van der Waals surface area contributed by atoms with Gasteiger partial charge in [0.05, 0.1) is 23.6 Å². The van der Waals surface area contributed by atoms with Crippen LogP contribution in [0.1, 0.15) is 18.9 Å². The number of ether oxygens (including phenoxy) is 2. The van der Waals surface area contributed by atoms with Crippen LogP contribution in [0.15, 0.2) is 84.0 Å². The molecule has 3 aromatic carbocycles. The fourth-order valence-corrected chi connectivity index (χ4v) is 4.21. The van der Waals surface area contributed by atoms with Crippen molar-refractivity contribution < 1.29 is 14.3 Å². The van der Waals surface area contributed by atoms with Crippen LogP contribution >= 0.6 is 23.4 Å². The minimum atomic E-state index is -0.411. The first-order valence-corrected chi connectivity index (χ1v) is 11.9. The van der Waals surface area contributed by atoms with Gasteiger partial charge in [0.15, 0.2) is 17.1 Å². The van der Waals surface area contributed by atoms with E-state index in [-0.39, 0.29) is 11.7 Å². The van der Waals surface area contributed by atoms with Crippen LogP contribution < -0.4 is 14.8 Å². The number of nitrogens with zero attached hydrogens (tertiary/aromatic N) is 3. The lowest BCUT2D eigenvalue weighted by Gasteiger charge is -2.17. The Balaban J connectivity index is 1.54. The van der Waals surface area contributed by atoms with Gasteiger partial charge in [0, 0.05) is 11.8 Å². The summed E-state index contributed by atoms with van der Waals surface area (Å²) in [4.78, 5) is 12.5. The van der Waals surface area contributed by atoms with Gasteiger partial charge in [0.25, 0.3) is 0 Å². The molecule has 0 aliphatic carbocycles. The van der Waals surface area contributed by atoms with E-state index >= 15 is 0 Å². The fraction of sp³-hybridized carbons (Fsp3) is 0.160. The first kappa shape index (κ1) is 23.7. The van der Waals surface area contributed by atoms with Gasteiger partial charge in [0.1, 0.15) is 11.5 Å². The smallest absolute Gasteiger partial charge is 0.234 e. The number of hydrogen-bond donors (Lipinski definition) is 1. The molecule has 4 rings (SSSR count). The van der Waals surface area contributed by atoms with E-state index in [9.17, 15) is 4.79 Å². The Kier molecular flexibility index (Phi) is 7.72. The molecule has 0 saturated carbocycles. The maximum absolute atomic E-state index is 12.5. The van der Waals surface area contributed by atoms with Gasteiger partial charge in [-0.15, -0.1) is 10.2 Å². The molecule has 7 nitrogen and oxygen atoms in total. The van der Waals surface area contributed by atoms with Gasteiger partial charge >= 0.3 is 0 Å². The Bertz CT molecular complexity index is 1270. The molecule has 0 fully saturated rings. The van der Waals surface area contributed by atoms with Crippen LogP contribution in [0.25, 0.3) is 5.69 Å². The number of carbonyl (C=O) groups excluding carboxylic acids is 1. The van der Waals surface area contributed by atoms with E-state index in [1.807, 2.05) is 78.2 Å². The summed E-state index contributed by atoms with van der Waals surface area (Å²) in [5, 5.41) is 12.6. The SMILES string of the molecule is COc1cccc(OC(C)c2nnc(SCC(=O)Nc3ccccc3Cl)n2-c2ccccc2)c1. The molecule has 1 unspecified atom stereocenters. The van der Waals surface area contributed by atoms with E-state index in [0.29, 0.717) is 33.2 Å². The molecule has 9 heteroatoms. The quantitative estimate of drug-likeness (QED) is 0.296. The van der Waals surface area contributed by atoms with E-state index in [2.05, 4.69) is 15.5 Å². The third kappa shape index (κ3) is 5.70. The minimum Gasteiger partial charge on any atom is -0.497 e. The standard InChI is InChI=1S/C25H23ClN4O3S/c1-17(33-20-12-8-11-19(15-20)32-2)24-28-29-25(30(24)18-9-4-3-5-10-18)34-16-23(31)27-22-14-7-6-13-21(22)26/h3-15,17H,16H2,1-2H3,(H,27,31). The number of nitrogens with one attached hydrogen (secondary N) is 1. The maximum Gasteiger partial charge on any atom is 0.234 e. The summed E-state index contributed by atoms with van der Waals surface area (Å²) >= 11 is 7.43. The van der Waals surface area contributed by atoms with Gasteiger partial charge < -0.3 is 14.8 Å². The van der Waals surface area contributed by atoms with Crippen LogP contribution in [0.2, 0.25) is 5.02 Å². The fourth-order valence-electron chi connectivity index (χ4n) is 3.27. The van der Waals surface area contributed by atoms with Gasteiger partial charge in [-0.25, -0.2) is 0 Å².